The van der Waals surface area contributed by atoms with E-state index in [2.05, 4.69) is 5.32 Å². The Bertz CT molecular complexity index is 368. The molecule has 0 aromatic heterocycles. The number of rotatable bonds is 3. The van der Waals surface area contributed by atoms with Gasteiger partial charge >= 0.3 is 0 Å². The topological polar surface area (TPSA) is 29.1 Å². The van der Waals surface area contributed by atoms with Gasteiger partial charge in [0.2, 0.25) is 5.91 Å². The van der Waals surface area contributed by atoms with Crippen LogP contribution in [0, 0.1) is 12.7 Å². The Morgan fingerprint density at radius 1 is 1.60 bits per heavy atom. The SMILES string of the molecule is Cc1ccc(C(C)NC(=O)CCl)cc1F. The molecule has 15 heavy (non-hydrogen) atoms. The van der Waals surface area contributed by atoms with Crippen molar-refractivity contribution in [3.63, 3.8) is 0 Å². The molecule has 0 aliphatic rings. The number of halogens is 2. The van der Waals surface area contributed by atoms with Crippen LogP contribution in [0.25, 0.3) is 0 Å². The van der Waals surface area contributed by atoms with E-state index < -0.39 is 0 Å². The number of amides is 1. The fraction of sp³-hybridized carbons (Fsp3) is 0.364. The molecule has 0 aliphatic heterocycles. The van der Waals surface area contributed by atoms with Gasteiger partial charge in [0, 0.05) is 0 Å². The lowest BCUT2D eigenvalue weighted by Crippen LogP contribution is -2.27. The first-order chi connectivity index (χ1) is 7.04. The molecule has 1 aromatic carbocycles. The lowest BCUT2D eigenvalue weighted by molar-refractivity contribution is -0.119. The van der Waals surface area contributed by atoms with Crippen LogP contribution in [-0.2, 0) is 4.79 Å². The molecule has 0 heterocycles. The predicted molar refractivity (Wildman–Crippen MR) is 58.4 cm³/mol. The Balaban J connectivity index is 2.78. The monoisotopic (exact) mass is 229 g/mol. The molecule has 1 rings (SSSR count). The second kappa shape index (κ2) is 5.12. The number of hydrogen-bond donors (Lipinski definition) is 1. The highest BCUT2D eigenvalue weighted by Crippen LogP contribution is 2.16. The van der Waals surface area contributed by atoms with Crippen LogP contribution in [0.3, 0.4) is 0 Å². The first-order valence-electron chi connectivity index (χ1n) is 4.66. The number of carbonyl (C=O) groups excluding carboxylic acids is 1. The Morgan fingerprint density at radius 3 is 2.80 bits per heavy atom. The third kappa shape index (κ3) is 3.20. The van der Waals surface area contributed by atoms with E-state index in [9.17, 15) is 9.18 Å². The van der Waals surface area contributed by atoms with Crippen LogP contribution in [0.15, 0.2) is 18.2 Å². The maximum absolute atomic E-state index is 13.2. The van der Waals surface area contributed by atoms with Crippen LogP contribution >= 0.6 is 11.6 Å². The number of alkyl halides is 1. The zero-order valence-electron chi connectivity index (χ0n) is 8.68. The van der Waals surface area contributed by atoms with Crippen LogP contribution in [0.4, 0.5) is 4.39 Å². The summed E-state index contributed by atoms with van der Waals surface area (Å²) in [4.78, 5) is 11.0. The van der Waals surface area contributed by atoms with Crippen molar-refractivity contribution in [1.82, 2.24) is 5.32 Å². The summed E-state index contributed by atoms with van der Waals surface area (Å²) in [5.41, 5.74) is 1.33. The van der Waals surface area contributed by atoms with Crippen molar-refractivity contribution in [2.75, 3.05) is 5.88 Å². The van der Waals surface area contributed by atoms with Crippen molar-refractivity contribution in [3.05, 3.63) is 35.1 Å². The van der Waals surface area contributed by atoms with E-state index in [1.54, 1.807) is 26.0 Å². The van der Waals surface area contributed by atoms with Crippen molar-refractivity contribution in [2.45, 2.75) is 19.9 Å². The van der Waals surface area contributed by atoms with E-state index in [1.807, 2.05) is 0 Å². The molecule has 4 heteroatoms. The number of aryl methyl sites for hydroxylation is 1. The first kappa shape index (κ1) is 12.0. The first-order valence-corrected chi connectivity index (χ1v) is 5.19. The van der Waals surface area contributed by atoms with Gasteiger partial charge in [0.25, 0.3) is 0 Å². The van der Waals surface area contributed by atoms with Gasteiger partial charge in [0.15, 0.2) is 0 Å². The molecule has 0 saturated carbocycles. The van der Waals surface area contributed by atoms with Crippen LogP contribution in [0.5, 0.6) is 0 Å². The van der Waals surface area contributed by atoms with E-state index in [1.165, 1.54) is 6.07 Å². The summed E-state index contributed by atoms with van der Waals surface area (Å²) >= 11 is 5.35. The third-order valence-corrected chi connectivity index (χ3v) is 2.44. The maximum atomic E-state index is 13.2. The molecule has 1 aromatic rings. The highest BCUT2D eigenvalue weighted by Gasteiger charge is 2.09. The van der Waals surface area contributed by atoms with Gasteiger partial charge < -0.3 is 5.32 Å². The summed E-state index contributed by atoms with van der Waals surface area (Å²) in [6.07, 6.45) is 0. The molecule has 1 unspecified atom stereocenters. The molecule has 0 saturated heterocycles. The lowest BCUT2D eigenvalue weighted by Gasteiger charge is -2.13. The van der Waals surface area contributed by atoms with Gasteiger partial charge in [0.1, 0.15) is 11.7 Å². The molecule has 1 amide bonds. The normalized spacial score (nSPS) is 12.3. The average Bonchev–Trinajstić information content (AvgIpc) is 2.21. The Hall–Kier alpha value is -1.09. The number of carbonyl (C=O) groups is 1. The molecule has 0 aliphatic carbocycles. The average molecular weight is 230 g/mol. The molecule has 0 fully saturated rings. The van der Waals surface area contributed by atoms with Gasteiger partial charge in [-0.25, -0.2) is 4.39 Å². The van der Waals surface area contributed by atoms with E-state index >= 15 is 0 Å². The lowest BCUT2D eigenvalue weighted by atomic mass is 10.1. The van der Waals surface area contributed by atoms with Crippen molar-refractivity contribution < 1.29 is 9.18 Å². The summed E-state index contributed by atoms with van der Waals surface area (Å²) in [5, 5.41) is 2.65. The van der Waals surface area contributed by atoms with E-state index in [0.29, 0.717) is 5.56 Å². The van der Waals surface area contributed by atoms with Crippen LogP contribution in [0.2, 0.25) is 0 Å². The fourth-order valence-electron chi connectivity index (χ4n) is 1.24. The minimum absolute atomic E-state index is 0.0846. The van der Waals surface area contributed by atoms with Crippen LogP contribution in [0.1, 0.15) is 24.1 Å². The van der Waals surface area contributed by atoms with Crippen molar-refractivity contribution in [1.29, 1.82) is 0 Å². The molecule has 0 spiro atoms. The molecular formula is C11H13ClFNO. The minimum atomic E-state index is -0.264. The van der Waals surface area contributed by atoms with Gasteiger partial charge in [-0.15, -0.1) is 11.6 Å². The van der Waals surface area contributed by atoms with Gasteiger partial charge in [-0.2, -0.15) is 0 Å². The summed E-state index contributed by atoms with van der Waals surface area (Å²) < 4.78 is 13.2. The molecule has 82 valence electrons. The quantitative estimate of drug-likeness (QED) is 0.793. The third-order valence-electron chi connectivity index (χ3n) is 2.19. The van der Waals surface area contributed by atoms with Gasteiger partial charge in [-0.1, -0.05) is 12.1 Å². The van der Waals surface area contributed by atoms with Crippen LogP contribution in [-0.4, -0.2) is 11.8 Å². The van der Waals surface area contributed by atoms with Gasteiger partial charge in [0.05, 0.1) is 6.04 Å². The Kier molecular flexibility index (Phi) is 4.09. The second-order valence-electron chi connectivity index (χ2n) is 3.43. The molecule has 0 radical (unpaired) electrons. The summed E-state index contributed by atoms with van der Waals surface area (Å²) in [5.74, 6) is -0.608. The molecule has 1 atom stereocenters. The van der Waals surface area contributed by atoms with E-state index in [4.69, 9.17) is 11.6 Å². The van der Waals surface area contributed by atoms with Gasteiger partial charge in [-0.3, -0.25) is 4.79 Å². The van der Waals surface area contributed by atoms with Crippen molar-refractivity contribution >= 4 is 17.5 Å². The Morgan fingerprint density at radius 2 is 2.27 bits per heavy atom. The van der Waals surface area contributed by atoms with E-state index in [-0.39, 0.29) is 23.6 Å². The van der Waals surface area contributed by atoms with E-state index in [0.717, 1.165) is 5.56 Å². The molecule has 0 bridgehead atoms. The highest BCUT2D eigenvalue weighted by atomic mass is 35.5. The number of hydrogen-bond acceptors (Lipinski definition) is 1. The fourth-order valence-corrected chi connectivity index (χ4v) is 1.32. The second-order valence-corrected chi connectivity index (χ2v) is 3.70. The summed E-state index contributed by atoms with van der Waals surface area (Å²) in [6, 6.07) is 4.67. The highest BCUT2D eigenvalue weighted by molar-refractivity contribution is 6.27. The maximum Gasteiger partial charge on any atom is 0.235 e. The molecule has 1 N–H and O–H groups in total. The number of nitrogens with one attached hydrogen (secondary N) is 1. The smallest absolute Gasteiger partial charge is 0.235 e. The molecular weight excluding hydrogens is 217 g/mol. The van der Waals surface area contributed by atoms with Crippen molar-refractivity contribution in [2.24, 2.45) is 0 Å². The summed E-state index contributed by atoms with van der Waals surface area (Å²) in [7, 11) is 0. The zero-order valence-corrected chi connectivity index (χ0v) is 9.44. The standard InChI is InChI=1S/C11H13ClFNO/c1-7-3-4-9(5-10(7)13)8(2)14-11(15)6-12/h3-5,8H,6H2,1-2H3,(H,14,15). The number of benzene rings is 1. The van der Waals surface area contributed by atoms with Crippen LogP contribution < -0.4 is 5.32 Å². The minimum Gasteiger partial charge on any atom is -0.349 e. The Labute approximate surface area is 93.4 Å². The van der Waals surface area contributed by atoms with Crippen molar-refractivity contribution in [3.8, 4) is 0 Å². The zero-order chi connectivity index (χ0) is 11.4. The predicted octanol–water partition coefficient (Wildman–Crippen LogP) is 2.55. The molecule has 2 nitrogen and oxygen atoms in total. The largest absolute Gasteiger partial charge is 0.349 e. The van der Waals surface area contributed by atoms with Gasteiger partial charge in [-0.05, 0) is 31.0 Å². The summed E-state index contributed by atoms with van der Waals surface area (Å²) in [6.45, 7) is 3.48.